The molecule has 0 aromatic heterocycles. The van der Waals surface area contributed by atoms with E-state index in [-0.39, 0.29) is 17.7 Å². The summed E-state index contributed by atoms with van der Waals surface area (Å²) in [7, 11) is 0. The summed E-state index contributed by atoms with van der Waals surface area (Å²) in [6.07, 6.45) is 6.79. The first-order valence-electron chi connectivity index (χ1n) is 8.85. The third-order valence-corrected chi connectivity index (χ3v) is 4.97. The molecule has 4 heteroatoms. The maximum Gasteiger partial charge on any atom is 0.252 e. The van der Waals surface area contributed by atoms with Crippen molar-refractivity contribution >= 4 is 23.3 Å². The SMILES string of the molecule is O=C(NC1CCCCCC1)c1ccccc1C(=O)c1ccc(Cl)cc1. The molecule has 3 rings (SSSR count). The fourth-order valence-corrected chi connectivity index (χ4v) is 3.45. The van der Waals surface area contributed by atoms with Gasteiger partial charge in [-0.2, -0.15) is 0 Å². The number of benzene rings is 2. The number of amides is 1. The zero-order chi connectivity index (χ0) is 17.6. The normalized spacial score (nSPS) is 15.4. The van der Waals surface area contributed by atoms with Gasteiger partial charge in [-0.15, -0.1) is 0 Å². The number of rotatable bonds is 4. The maximum absolute atomic E-state index is 12.8. The zero-order valence-corrected chi connectivity index (χ0v) is 14.9. The monoisotopic (exact) mass is 355 g/mol. The van der Waals surface area contributed by atoms with E-state index in [0.717, 1.165) is 25.7 Å². The van der Waals surface area contributed by atoms with Crippen LogP contribution in [0.25, 0.3) is 0 Å². The van der Waals surface area contributed by atoms with Crippen LogP contribution in [0.15, 0.2) is 48.5 Å². The Balaban J connectivity index is 1.81. The molecule has 1 aliphatic carbocycles. The number of halogens is 1. The highest BCUT2D eigenvalue weighted by Crippen LogP contribution is 2.20. The van der Waals surface area contributed by atoms with E-state index in [2.05, 4.69) is 5.32 Å². The van der Waals surface area contributed by atoms with Crippen molar-refractivity contribution in [2.75, 3.05) is 0 Å². The minimum atomic E-state index is -0.164. The van der Waals surface area contributed by atoms with E-state index in [1.165, 1.54) is 12.8 Å². The van der Waals surface area contributed by atoms with Gasteiger partial charge in [0.1, 0.15) is 0 Å². The first-order chi connectivity index (χ1) is 12.1. The number of carbonyl (C=O) groups excluding carboxylic acids is 2. The second-order valence-electron chi connectivity index (χ2n) is 6.54. The quantitative estimate of drug-likeness (QED) is 0.618. The standard InChI is InChI=1S/C21H22ClNO2/c22-16-13-11-15(12-14-16)20(24)18-9-5-6-10-19(18)21(25)23-17-7-3-1-2-4-8-17/h5-6,9-14,17H,1-4,7-8H2,(H,23,25). The summed E-state index contributed by atoms with van der Waals surface area (Å²) in [4.78, 5) is 25.6. The van der Waals surface area contributed by atoms with E-state index >= 15 is 0 Å². The lowest BCUT2D eigenvalue weighted by Crippen LogP contribution is -2.35. The van der Waals surface area contributed by atoms with Crippen LogP contribution in [0.5, 0.6) is 0 Å². The van der Waals surface area contributed by atoms with Crippen molar-refractivity contribution in [1.82, 2.24) is 5.32 Å². The molecule has 1 fully saturated rings. The van der Waals surface area contributed by atoms with Crippen molar-refractivity contribution in [1.29, 1.82) is 0 Å². The Morgan fingerprint density at radius 1 is 0.840 bits per heavy atom. The van der Waals surface area contributed by atoms with Gasteiger partial charge in [-0.1, -0.05) is 55.5 Å². The smallest absolute Gasteiger partial charge is 0.252 e. The third-order valence-electron chi connectivity index (χ3n) is 4.71. The molecule has 1 N–H and O–H groups in total. The summed E-state index contributed by atoms with van der Waals surface area (Å²) in [6.45, 7) is 0. The van der Waals surface area contributed by atoms with Crippen LogP contribution in [-0.4, -0.2) is 17.7 Å². The summed E-state index contributed by atoms with van der Waals surface area (Å²) in [5.41, 5.74) is 1.39. The molecule has 0 spiro atoms. The van der Waals surface area contributed by atoms with E-state index in [1.807, 2.05) is 0 Å². The Morgan fingerprint density at radius 2 is 1.44 bits per heavy atom. The number of carbonyl (C=O) groups is 2. The number of ketones is 1. The van der Waals surface area contributed by atoms with Crippen LogP contribution >= 0.6 is 11.6 Å². The van der Waals surface area contributed by atoms with Crippen molar-refractivity contribution in [3.05, 3.63) is 70.2 Å². The van der Waals surface area contributed by atoms with Crippen LogP contribution in [0.4, 0.5) is 0 Å². The predicted octanol–water partition coefficient (Wildman–Crippen LogP) is 5.02. The van der Waals surface area contributed by atoms with Crippen LogP contribution in [-0.2, 0) is 0 Å². The Kier molecular flexibility index (Phi) is 5.87. The first-order valence-corrected chi connectivity index (χ1v) is 9.23. The largest absolute Gasteiger partial charge is 0.349 e. The Morgan fingerprint density at radius 3 is 2.08 bits per heavy atom. The van der Waals surface area contributed by atoms with Gasteiger partial charge < -0.3 is 5.32 Å². The van der Waals surface area contributed by atoms with E-state index < -0.39 is 0 Å². The van der Waals surface area contributed by atoms with Crippen LogP contribution in [0.2, 0.25) is 5.02 Å². The third kappa shape index (κ3) is 4.49. The predicted molar refractivity (Wildman–Crippen MR) is 100 cm³/mol. The fourth-order valence-electron chi connectivity index (χ4n) is 3.32. The maximum atomic E-state index is 12.8. The molecule has 0 saturated heterocycles. The minimum Gasteiger partial charge on any atom is -0.349 e. The molecule has 1 amide bonds. The molecule has 0 bridgehead atoms. The average molecular weight is 356 g/mol. The van der Waals surface area contributed by atoms with Gasteiger partial charge in [0.05, 0.1) is 5.56 Å². The lowest BCUT2D eigenvalue weighted by Gasteiger charge is -2.17. The fraction of sp³-hybridized carbons (Fsp3) is 0.333. The van der Waals surface area contributed by atoms with Crippen molar-refractivity contribution in [2.45, 2.75) is 44.6 Å². The topological polar surface area (TPSA) is 46.2 Å². The number of nitrogens with one attached hydrogen (secondary N) is 1. The van der Waals surface area contributed by atoms with Gasteiger partial charge in [0, 0.05) is 22.2 Å². The number of hydrogen-bond acceptors (Lipinski definition) is 2. The Hall–Kier alpha value is -2.13. The molecule has 130 valence electrons. The van der Waals surface area contributed by atoms with Crippen LogP contribution in [0.3, 0.4) is 0 Å². The highest BCUT2D eigenvalue weighted by Gasteiger charge is 2.21. The van der Waals surface area contributed by atoms with Gasteiger partial charge in [0.2, 0.25) is 0 Å². The second-order valence-corrected chi connectivity index (χ2v) is 6.98. The van der Waals surface area contributed by atoms with E-state index in [4.69, 9.17) is 11.6 Å². The summed E-state index contributed by atoms with van der Waals surface area (Å²) in [6, 6.07) is 13.9. The van der Waals surface area contributed by atoms with E-state index in [0.29, 0.717) is 21.7 Å². The van der Waals surface area contributed by atoms with Gasteiger partial charge >= 0.3 is 0 Å². The molecule has 1 saturated carbocycles. The molecule has 0 radical (unpaired) electrons. The van der Waals surface area contributed by atoms with Crippen LogP contribution in [0.1, 0.15) is 64.8 Å². The van der Waals surface area contributed by atoms with E-state index in [1.54, 1.807) is 48.5 Å². The lowest BCUT2D eigenvalue weighted by atomic mass is 9.97. The van der Waals surface area contributed by atoms with Gasteiger partial charge in [0.25, 0.3) is 5.91 Å². The second kappa shape index (κ2) is 8.30. The molecule has 0 unspecified atom stereocenters. The molecule has 0 aliphatic heterocycles. The highest BCUT2D eigenvalue weighted by atomic mass is 35.5. The molecule has 3 nitrogen and oxygen atoms in total. The molecule has 0 heterocycles. The molecule has 2 aromatic rings. The molecular formula is C21H22ClNO2. The first kappa shape index (κ1) is 17.7. The van der Waals surface area contributed by atoms with Gasteiger partial charge in [-0.25, -0.2) is 0 Å². The van der Waals surface area contributed by atoms with Crippen LogP contribution in [0, 0.1) is 0 Å². The van der Waals surface area contributed by atoms with Crippen molar-refractivity contribution < 1.29 is 9.59 Å². The van der Waals surface area contributed by atoms with Gasteiger partial charge in [-0.05, 0) is 43.2 Å². The minimum absolute atomic E-state index is 0.162. The van der Waals surface area contributed by atoms with E-state index in [9.17, 15) is 9.59 Å². The highest BCUT2D eigenvalue weighted by molar-refractivity contribution is 6.30. The molecule has 0 atom stereocenters. The Labute approximate surface area is 153 Å². The Bertz CT molecular complexity index is 747. The lowest BCUT2D eigenvalue weighted by molar-refractivity contribution is 0.0923. The van der Waals surface area contributed by atoms with Gasteiger partial charge in [-0.3, -0.25) is 9.59 Å². The van der Waals surface area contributed by atoms with Crippen LogP contribution < -0.4 is 5.32 Å². The van der Waals surface area contributed by atoms with Crippen molar-refractivity contribution in [3.63, 3.8) is 0 Å². The summed E-state index contributed by atoms with van der Waals surface area (Å²) in [5, 5.41) is 3.70. The summed E-state index contributed by atoms with van der Waals surface area (Å²) < 4.78 is 0. The molecule has 25 heavy (non-hydrogen) atoms. The van der Waals surface area contributed by atoms with Crippen molar-refractivity contribution in [3.8, 4) is 0 Å². The summed E-state index contributed by atoms with van der Waals surface area (Å²) >= 11 is 5.89. The van der Waals surface area contributed by atoms with Crippen molar-refractivity contribution in [2.24, 2.45) is 0 Å². The molecule has 2 aromatic carbocycles. The summed E-state index contributed by atoms with van der Waals surface area (Å²) in [5.74, 6) is -0.326. The molecular weight excluding hydrogens is 334 g/mol. The number of hydrogen-bond donors (Lipinski definition) is 1. The average Bonchev–Trinajstić information content (AvgIpc) is 2.90. The van der Waals surface area contributed by atoms with Gasteiger partial charge in [0.15, 0.2) is 5.78 Å². The zero-order valence-electron chi connectivity index (χ0n) is 14.1. The molecule has 1 aliphatic rings.